The lowest BCUT2D eigenvalue weighted by atomic mass is 9.90. The van der Waals surface area contributed by atoms with Gasteiger partial charge >= 0.3 is 24.0 Å². The number of rotatable bonds is 24. The molecule has 2 heterocycles. The summed E-state index contributed by atoms with van der Waals surface area (Å²) in [6.45, 7) is 4.09. The molecule has 0 unspecified atom stereocenters. The van der Waals surface area contributed by atoms with Gasteiger partial charge in [0.15, 0.2) is 0 Å². The highest BCUT2D eigenvalue weighted by Gasteiger charge is 2.39. The lowest BCUT2D eigenvalue weighted by molar-refractivity contribution is -0.150. The molecule has 19 nitrogen and oxygen atoms in total. The minimum Gasteiger partial charge on any atom is -0.480 e. The number of fused-ring (bicyclic) bond motifs is 3. The van der Waals surface area contributed by atoms with Crippen molar-refractivity contribution in [2.24, 2.45) is 5.92 Å². The standard InChI is InChI=1S/C58H66N6O13/c1-3-31-76-52(67)35-48(56(71)72)61-54(69)49-23-14-28-64(49)51(66)25-24-45(57(73)75-2)59-50(65)34-47(55(70)63-29-26-39(27-30-63)32-37-15-6-4-7-16-37)60-53(68)46(33-38-17-8-5-9-18-38)62-58(74)77-36-44-42-21-12-10-19-40(42)41-20-11-13-22-43(41)44/h3-13,15-22,39,44-49H,1,14,23-36H2,2H3,(H,59,65)(H,60,68)(H,61,69)(H,62,74)(H,71,72)/t45-,46+,47-,48-,49+/m1/s1. The molecule has 0 saturated carbocycles. The molecule has 19 heteroatoms. The number of piperidine rings is 1. The normalized spacial score (nSPS) is 16.5. The van der Waals surface area contributed by atoms with Crippen molar-refractivity contribution in [1.82, 2.24) is 31.1 Å². The Morgan fingerprint density at radius 3 is 1.94 bits per heavy atom. The van der Waals surface area contributed by atoms with Crippen LogP contribution in [-0.2, 0) is 65.4 Å². The molecule has 5 atom stereocenters. The first-order valence-electron chi connectivity index (χ1n) is 26.0. The van der Waals surface area contributed by atoms with Gasteiger partial charge in [0.05, 0.1) is 20.0 Å². The topological polar surface area (TPSA) is 256 Å². The van der Waals surface area contributed by atoms with Gasteiger partial charge in [-0.1, -0.05) is 122 Å². The smallest absolute Gasteiger partial charge is 0.407 e. The Kier molecular flexibility index (Phi) is 20.1. The molecule has 2 fully saturated rings. The third-order valence-electron chi connectivity index (χ3n) is 14.2. The summed E-state index contributed by atoms with van der Waals surface area (Å²) in [7, 11) is 1.10. The highest BCUT2D eigenvalue weighted by atomic mass is 16.6. The van der Waals surface area contributed by atoms with E-state index in [0.29, 0.717) is 37.9 Å². The average molecular weight is 1060 g/mol. The number of benzene rings is 4. The number of nitrogens with one attached hydrogen (secondary N) is 4. The van der Waals surface area contributed by atoms with Crippen molar-refractivity contribution in [1.29, 1.82) is 0 Å². The first kappa shape index (κ1) is 56.4. The number of carbonyl (C=O) groups is 9. The summed E-state index contributed by atoms with van der Waals surface area (Å²) in [5.74, 6) is -6.76. The fourth-order valence-electron chi connectivity index (χ4n) is 10.3. The van der Waals surface area contributed by atoms with Gasteiger partial charge in [0.1, 0.15) is 43.4 Å². The van der Waals surface area contributed by atoms with E-state index in [2.05, 4.69) is 40.0 Å². The second-order valence-electron chi connectivity index (χ2n) is 19.4. The van der Waals surface area contributed by atoms with Crippen LogP contribution < -0.4 is 21.3 Å². The number of ether oxygens (including phenoxy) is 3. The number of aliphatic carboxylic acids is 1. The number of likely N-dealkylation sites (tertiary alicyclic amines) is 2. The number of hydrogen-bond acceptors (Lipinski definition) is 12. The minimum atomic E-state index is -1.63. The van der Waals surface area contributed by atoms with Crippen LogP contribution in [0.15, 0.2) is 122 Å². The number of nitrogens with zero attached hydrogens (tertiary/aromatic N) is 2. The summed E-state index contributed by atoms with van der Waals surface area (Å²) < 4.78 is 15.7. The lowest BCUT2D eigenvalue weighted by Gasteiger charge is -2.35. The van der Waals surface area contributed by atoms with Crippen LogP contribution >= 0.6 is 0 Å². The van der Waals surface area contributed by atoms with Crippen LogP contribution in [0.5, 0.6) is 0 Å². The second-order valence-corrected chi connectivity index (χ2v) is 19.4. The zero-order valence-electron chi connectivity index (χ0n) is 43.1. The van der Waals surface area contributed by atoms with Gasteiger partial charge in [-0.2, -0.15) is 0 Å². The first-order valence-corrected chi connectivity index (χ1v) is 26.0. The molecule has 3 aliphatic rings. The summed E-state index contributed by atoms with van der Waals surface area (Å²) in [6, 6.07) is 27.8. The van der Waals surface area contributed by atoms with Gasteiger partial charge in [-0.25, -0.2) is 14.4 Å². The van der Waals surface area contributed by atoms with Crippen molar-refractivity contribution in [3.8, 4) is 11.1 Å². The average Bonchev–Trinajstić information content (AvgIpc) is 4.09. The Balaban J connectivity index is 1.03. The Morgan fingerprint density at radius 1 is 0.688 bits per heavy atom. The van der Waals surface area contributed by atoms with Crippen LogP contribution in [-0.4, -0.2) is 139 Å². The molecule has 77 heavy (non-hydrogen) atoms. The monoisotopic (exact) mass is 1050 g/mol. The van der Waals surface area contributed by atoms with E-state index in [-0.39, 0.29) is 57.3 Å². The van der Waals surface area contributed by atoms with Gasteiger partial charge in [0, 0.05) is 38.4 Å². The number of alkyl carbamates (subject to hydrolysis) is 1. The number of methoxy groups -OCH3 is 1. The zero-order chi connectivity index (χ0) is 54.8. The van der Waals surface area contributed by atoms with Crippen molar-refractivity contribution < 1.29 is 62.5 Å². The van der Waals surface area contributed by atoms with E-state index in [1.165, 1.54) is 16.5 Å². The van der Waals surface area contributed by atoms with Crippen LogP contribution in [0.25, 0.3) is 11.1 Å². The highest BCUT2D eigenvalue weighted by molar-refractivity contribution is 5.96. The van der Waals surface area contributed by atoms with Crippen LogP contribution in [0, 0.1) is 5.92 Å². The SMILES string of the molecule is C=CCOC(=O)C[C@@H](NC(=O)[C@@H]1CCCN1C(=O)CC[C@@H](NC(=O)C[C@@H](NC(=O)[C@H](Cc1ccccc1)NC(=O)OCC1c2ccccc2-c2ccccc21)C(=O)N1CCC(Cc2ccccc2)CC1)C(=O)OC)C(=O)O. The molecule has 5 N–H and O–H groups in total. The molecule has 2 saturated heterocycles. The molecular weight excluding hydrogens is 989 g/mol. The van der Waals surface area contributed by atoms with Crippen LogP contribution in [0.2, 0.25) is 0 Å². The van der Waals surface area contributed by atoms with E-state index in [1.807, 2.05) is 72.8 Å². The largest absolute Gasteiger partial charge is 0.480 e. The quantitative estimate of drug-likeness (QED) is 0.0366. The molecule has 0 spiro atoms. The summed E-state index contributed by atoms with van der Waals surface area (Å²) in [5, 5.41) is 20.1. The number of amides is 6. The van der Waals surface area contributed by atoms with Crippen molar-refractivity contribution in [2.45, 2.75) is 100 Å². The van der Waals surface area contributed by atoms with Crippen molar-refractivity contribution in [3.63, 3.8) is 0 Å². The molecule has 406 valence electrons. The van der Waals surface area contributed by atoms with Crippen molar-refractivity contribution in [2.75, 3.05) is 40.0 Å². The van der Waals surface area contributed by atoms with Crippen LogP contribution in [0.3, 0.4) is 0 Å². The summed E-state index contributed by atoms with van der Waals surface area (Å²) in [6.07, 6.45) is 1.22. The maximum atomic E-state index is 14.6. The van der Waals surface area contributed by atoms with Crippen LogP contribution in [0.1, 0.15) is 79.5 Å². The number of carboxylic acids is 1. The van der Waals surface area contributed by atoms with E-state index in [1.54, 1.807) is 29.2 Å². The van der Waals surface area contributed by atoms with Crippen LogP contribution in [0.4, 0.5) is 4.79 Å². The third-order valence-corrected chi connectivity index (χ3v) is 14.2. The number of carboxylic acid groups (broad SMARTS) is 1. The molecule has 6 amide bonds. The summed E-state index contributed by atoms with van der Waals surface area (Å²) in [4.78, 5) is 124. The molecule has 4 aromatic carbocycles. The number of esters is 2. The molecule has 0 aromatic heterocycles. The Labute approximate surface area is 447 Å². The van der Waals surface area contributed by atoms with Gasteiger partial charge in [-0.3, -0.25) is 28.8 Å². The number of carbonyl (C=O) groups excluding carboxylic acids is 8. The Bertz CT molecular complexity index is 2720. The molecule has 0 bridgehead atoms. The van der Waals surface area contributed by atoms with E-state index < -0.39 is 96.6 Å². The Hall–Kier alpha value is -8.35. The molecule has 4 aromatic rings. The molecule has 1 aliphatic carbocycles. The maximum Gasteiger partial charge on any atom is 0.407 e. The predicted octanol–water partition coefficient (Wildman–Crippen LogP) is 4.61. The van der Waals surface area contributed by atoms with Gasteiger partial charge in [-0.15, -0.1) is 0 Å². The van der Waals surface area contributed by atoms with Gasteiger partial charge < -0.3 is 50.4 Å². The lowest BCUT2D eigenvalue weighted by Crippen LogP contribution is -2.57. The van der Waals surface area contributed by atoms with Gasteiger partial charge in [0.2, 0.25) is 29.5 Å². The van der Waals surface area contributed by atoms with Gasteiger partial charge in [-0.05, 0) is 77.8 Å². The fraction of sp³-hybridized carbons (Fsp3) is 0.397. The third kappa shape index (κ3) is 15.4. The molecule has 0 radical (unpaired) electrons. The first-order chi connectivity index (χ1) is 37.2. The van der Waals surface area contributed by atoms with E-state index >= 15 is 0 Å². The minimum absolute atomic E-state index is 0.00227. The molecular formula is C58H66N6O13. The van der Waals surface area contributed by atoms with E-state index in [9.17, 15) is 48.3 Å². The van der Waals surface area contributed by atoms with Crippen molar-refractivity contribution >= 4 is 53.5 Å². The van der Waals surface area contributed by atoms with Gasteiger partial charge in [0.25, 0.3) is 0 Å². The Morgan fingerprint density at radius 2 is 1.31 bits per heavy atom. The van der Waals surface area contributed by atoms with E-state index in [4.69, 9.17) is 14.2 Å². The predicted molar refractivity (Wildman–Crippen MR) is 281 cm³/mol. The van der Waals surface area contributed by atoms with Crippen molar-refractivity contribution in [3.05, 3.63) is 144 Å². The maximum absolute atomic E-state index is 14.6. The summed E-state index contributed by atoms with van der Waals surface area (Å²) in [5.41, 5.74) is 5.94. The summed E-state index contributed by atoms with van der Waals surface area (Å²) >= 11 is 0. The number of hydrogen-bond donors (Lipinski definition) is 5. The zero-order valence-corrected chi connectivity index (χ0v) is 43.1. The second kappa shape index (κ2) is 27.4. The highest BCUT2D eigenvalue weighted by Crippen LogP contribution is 2.44. The van der Waals surface area contributed by atoms with E-state index in [0.717, 1.165) is 35.8 Å². The fourth-order valence-corrected chi connectivity index (χ4v) is 10.3. The molecule has 2 aliphatic heterocycles. The molecule has 7 rings (SSSR count).